The summed E-state index contributed by atoms with van der Waals surface area (Å²) < 4.78 is 37.1. The second-order valence-electron chi connectivity index (χ2n) is 4.69. The molecule has 0 N–H and O–H groups in total. The molecular weight excluding hydrogens is 202 g/mol. The van der Waals surface area contributed by atoms with E-state index in [1.807, 2.05) is 11.8 Å². The van der Waals surface area contributed by atoms with E-state index in [1.54, 1.807) is 0 Å². The molecule has 5 heteroatoms. The van der Waals surface area contributed by atoms with E-state index in [2.05, 4.69) is 13.5 Å². The maximum atomic E-state index is 12.4. The van der Waals surface area contributed by atoms with Crippen molar-refractivity contribution in [2.24, 2.45) is 5.92 Å². The first kappa shape index (κ1) is 12.6. The van der Waals surface area contributed by atoms with Gasteiger partial charge in [0, 0.05) is 12.6 Å². The fraction of sp³-hybridized carbons (Fsp3) is 0.800. The summed E-state index contributed by atoms with van der Waals surface area (Å²) in [7, 11) is 0. The first-order valence-corrected chi connectivity index (χ1v) is 5.42. The lowest BCUT2D eigenvalue weighted by Gasteiger charge is -2.38. The normalized spacial score (nSPS) is 29.1. The number of halogens is 3. The molecule has 0 amide bonds. The Hall–Kier alpha value is -0.445. The highest BCUT2D eigenvalue weighted by Gasteiger charge is 2.30. The topological polar surface area (TPSA) is 3.24 Å². The Bertz CT molecular complexity index is 239. The van der Waals surface area contributed by atoms with Crippen LogP contribution in [0.15, 0.2) is 12.1 Å². The Kier molecular flexibility index (Phi) is 3.87. The fourth-order valence-electron chi connectivity index (χ4n) is 1.96. The summed E-state index contributed by atoms with van der Waals surface area (Å²) in [5.41, 5.74) is -0.573. The Morgan fingerprint density at radius 3 is 2.47 bits per heavy atom. The minimum Gasteiger partial charge on any atom is -0.445 e. The van der Waals surface area contributed by atoms with Gasteiger partial charge in [-0.2, -0.15) is 0 Å². The van der Waals surface area contributed by atoms with Gasteiger partial charge in [0.15, 0.2) is 0 Å². The smallest absolute Gasteiger partial charge is 0.445 e. The lowest BCUT2D eigenvalue weighted by Crippen LogP contribution is -2.44. The van der Waals surface area contributed by atoms with Gasteiger partial charge in [0.1, 0.15) is 0 Å². The van der Waals surface area contributed by atoms with Gasteiger partial charge in [-0.25, -0.2) is 0 Å². The summed E-state index contributed by atoms with van der Waals surface area (Å²) >= 11 is 0. The van der Waals surface area contributed by atoms with Crippen molar-refractivity contribution in [1.29, 1.82) is 0 Å². The molecule has 88 valence electrons. The van der Waals surface area contributed by atoms with E-state index in [4.69, 9.17) is 0 Å². The lowest BCUT2D eigenvalue weighted by molar-refractivity contribution is 0.137. The van der Waals surface area contributed by atoms with Gasteiger partial charge in [-0.15, -0.1) is 12.1 Å². The van der Waals surface area contributed by atoms with Crippen LogP contribution in [-0.2, 0) is 0 Å². The van der Waals surface area contributed by atoms with Crippen molar-refractivity contribution in [2.45, 2.75) is 32.7 Å². The van der Waals surface area contributed by atoms with E-state index >= 15 is 0 Å². The molecule has 1 fully saturated rings. The molecular formula is C10H18BF3N-. The lowest BCUT2D eigenvalue weighted by atomic mass is 9.79. The van der Waals surface area contributed by atoms with E-state index in [9.17, 15) is 12.9 Å². The number of nitrogens with zero attached hydrogens (tertiary/aromatic N) is 1. The van der Waals surface area contributed by atoms with Crippen LogP contribution in [0.1, 0.15) is 26.7 Å². The zero-order chi connectivity index (χ0) is 11.6. The molecule has 2 atom stereocenters. The third kappa shape index (κ3) is 3.56. The van der Waals surface area contributed by atoms with E-state index in [0.717, 1.165) is 19.4 Å². The van der Waals surface area contributed by atoms with Gasteiger partial charge in [-0.05, 0) is 32.2 Å². The van der Waals surface area contributed by atoms with Gasteiger partial charge >= 0.3 is 6.98 Å². The zero-order valence-corrected chi connectivity index (χ0v) is 9.35. The second kappa shape index (κ2) is 4.60. The molecule has 1 aliphatic heterocycles. The third-order valence-corrected chi connectivity index (χ3v) is 3.12. The van der Waals surface area contributed by atoms with Crippen LogP contribution in [0.3, 0.4) is 0 Å². The molecule has 2 unspecified atom stereocenters. The van der Waals surface area contributed by atoms with Crippen LogP contribution in [0.25, 0.3) is 0 Å². The quantitative estimate of drug-likeness (QED) is 0.660. The summed E-state index contributed by atoms with van der Waals surface area (Å²) in [6, 6.07) is 0.246. The van der Waals surface area contributed by atoms with Crippen molar-refractivity contribution >= 4 is 6.98 Å². The minimum absolute atomic E-state index is 0.0188. The molecule has 1 rings (SSSR count). The largest absolute Gasteiger partial charge is 0.506 e. The second-order valence-corrected chi connectivity index (χ2v) is 4.69. The molecule has 15 heavy (non-hydrogen) atoms. The molecule has 1 saturated heterocycles. The van der Waals surface area contributed by atoms with Crippen LogP contribution in [-0.4, -0.2) is 31.0 Å². The number of hydrogen-bond donors (Lipinski definition) is 0. The highest BCUT2D eigenvalue weighted by atomic mass is 19.4. The summed E-state index contributed by atoms with van der Waals surface area (Å²) in [5, 5.41) is 0. The molecule has 1 nitrogen and oxygen atoms in total. The van der Waals surface area contributed by atoms with Crippen molar-refractivity contribution in [2.75, 3.05) is 13.1 Å². The molecule has 0 saturated carbocycles. The van der Waals surface area contributed by atoms with Crippen molar-refractivity contribution in [1.82, 2.24) is 4.90 Å². The Labute approximate surface area is 89.4 Å². The molecule has 0 aromatic heterocycles. The molecule has 0 spiro atoms. The third-order valence-electron chi connectivity index (χ3n) is 3.12. The molecule has 1 heterocycles. The van der Waals surface area contributed by atoms with Crippen LogP contribution in [0.4, 0.5) is 12.9 Å². The Morgan fingerprint density at radius 1 is 1.33 bits per heavy atom. The standard InChI is InChI=1S/C10H18BF3N/c1-8-4-5-10(3)15(6-8)7-9(2)11(12,13)14/h8,10H,2,4-7H2,1,3H3/q-1. The minimum atomic E-state index is -4.87. The van der Waals surface area contributed by atoms with Gasteiger partial charge in [0.2, 0.25) is 0 Å². The van der Waals surface area contributed by atoms with Gasteiger partial charge in [-0.1, -0.05) is 6.92 Å². The maximum Gasteiger partial charge on any atom is 0.506 e. The maximum absolute atomic E-state index is 12.4. The summed E-state index contributed by atoms with van der Waals surface area (Å²) in [6.45, 7) is 3.08. The summed E-state index contributed by atoms with van der Waals surface area (Å²) in [6.07, 6.45) is 2.10. The molecule has 0 aromatic rings. The highest BCUT2D eigenvalue weighted by Crippen LogP contribution is 2.25. The average molecular weight is 220 g/mol. The van der Waals surface area contributed by atoms with Gasteiger partial charge in [0.05, 0.1) is 0 Å². The zero-order valence-electron chi connectivity index (χ0n) is 9.35. The average Bonchev–Trinajstić information content (AvgIpc) is 2.09. The SMILES string of the molecule is C=C(CN1CC(C)CCC1C)[B-](F)(F)F. The van der Waals surface area contributed by atoms with E-state index in [1.165, 1.54) is 0 Å². The summed E-state index contributed by atoms with van der Waals surface area (Å²) in [4.78, 5) is 1.89. The van der Waals surface area contributed by atoms with Gasteiger partial charge < -0.3 is 12.9 Å². The first-order chi connectivity index (χ1) is 6.80. The Morgan fingerprint density at radius 2 is 1.93 bits per heavy atom. The molecule has 0 aromatic carbocycles. The van der Waals surface area contributed by atoms with Gasteiger partial charge in [0.25, 0.3) is 0 Å². The van der Waals surface area contributed by atoms with Crippen LogP contribution < -0.4 is 0 Å². The molecule has 0 bridgehead atoms. The number of likely N-dealkylation sites (tertiary alicyclic amines) is 1. The number of rotatable bonds is 3. The molecule has 0 radical (unpaired) electrons. The predicted molar refractivity (Wildman–Crippen MR) is 57.7 cm³/mol. The fourth-order valence-corrected chi connectivity index (χ4v) is 1.96. The monoisotopic (exact) mass is 220 g/mol. The summed E-state index contributed by atoms with van der Waals surface area (Å²) in [5.74, 6) is 0.495. The van der Waals surface area contributed by atoms with Crippen LogP contribution in [0, 0.1) is 5.92 Å². The molecule has 0 aliphatic carbocycles. The van der Waals surface area contributed by atoms with Crippen molar-refractivity contribution in [3.63, 3.8) is 0 Å². The van der Waals surface area contributed by atoms with Crippen LogP contribution in [0.5, 0.6) is 0 Å². The Balaban J connectivity index is 2.53. The van der Waals surface area contributed by atoms with E-state index in [-0.39, 0.29) is 12.6 Å². The van der Waals surface area contributed by atoms with Gasteiger partial charge in [-0.3, -0.25) is 4.90 Å². The van der Waals surface area contributed by atoms with Crippen LogP contribution in [0.2, 0.25) is 0 Å². The van der Waals surface area contributed by atoms with E-state index < -0.39 is 12.4 Å². The van der Waals surface area contributed by atoms with Crippen molar-refractivity contribution in [3.05, 3.63) is 12.1 Å². The molecule has 1 aliphatic rings. The van der Waals surface area contributed by atoms with E-state index in [0.29, 0.717) is 5.92 Å². The number of piperidine rings is 1. The van der Waals surface area contributed by atoms with Crippen molar-refractivity contribution in [3.8, 4) is 0 Å². The highest BCUT2D eigenvalue weighted by molar-refractivity contribution is 6.66. The first-order valence-electron chi connectivity index (χ1n) is 5.42. The predicted octanol–water partition coefficient (Wildman–Crippen LogP) is 3.05. The van der Waals surface area contributed by atoms with Crippen molar-refractivity contribution < 1.29 is 12.9 Å². The number of hydrogen-bond acceptors (Lipinski definition) is 1. The van der Waals surface area contributed by atoms with Crippen LogP contribution >= 0.6 is 0 Å².